The summed E-state index contributed by atoms with van der Waals surface area (Å²) in [6.07, 6.45) is 8.12. The molecule has 0 aromatic carbocycles. The highest BCUT2D eigenvalue weighted by molar-refractivity contribution is 6.00. The number of rotatable bonds is 1. The third kappa shape index (κ3) is 1.31. The van der Waals surface area contributed by atoms with Crippen molar-refractivity contribution in [3.8, 4) is 0 Å². The minimum Gasteiger partial charge on any atom is -0.393 e. The molecular weight excluding hydrogens is 228 g/mol. The van der Waals surface area contributed by atoms with Gasteiger partial charge in [-0.05, 0) is 25.3 Å². The number of nitrogens with one attached hydrogen (secondary N) is 1. The number of pyridine rings is 1. The van der Waals surface area contributed by atoms with Crippen LogP contribution in [0.2, 0.25) is 0 Å². The van der Waals surface area contributed by atoms with Gasteiger partial charge in [0.25, 0.3) is 0 Å². The lowest BCUT2D eigenvalue weighted by atomic mass is 10.2. The van der Waals surface area contributed by atoms with Crippen LogP contribution in [0.5, 0.6) is 0 Å². The number of aromatic amines is 1. The van der Waals surface area contributed by atoms with Crippen LogP contribution in [0.4, 0.5) is 0 Å². The molecule has 1 aliphatic carbocycles. The highest BCUT2D eigenvalue weighted by atomic mass is 16.3. The van der Waals surface area contributed by atoms with Gasteiger partial charge < -0.3 is 14.7 Å². The summed E-state index contributed by atoms with van der Waals surface area (Å²) in [5.41, 5.74) is 2.94. The van der Waals surface area contributed by atoms with Gasteiger partial charge in [0, 0.05) is 17.6 Å². The summed E-state index contributed by atoms with van der Waals surface area (Å²) < 4.78 is 2.20. The molecule has 3 heterocycles. The first kappa shape index (κ1) is 10.1. The molecule has 0 amide bonds. The zero-order chi connectivity index (χ0) is 12.1. The van der Waals surface area contributed by atoms with Crippen LogP contribution in [-0.2, 0) is 0 Å². The third-order valence-electron chi connectivity index (χ3n) is 3.89. The van der Waals surface area contributed by atoms with Crippen molar-refractivity contribution in [1.82, 2.24) is 19.5 Å². The second-order valence-electron chi connectivity index (χ2n) is 5.00. The molecule has 5 heteroatoms. The number of hydrogen-bond donors (Lipinski definition) is 2. The summed E-state index contributed by atoms with van der Waals surface area (Å²) >= 11 is 0. The summed E-state index contributed by atoms with van der Waals surface area (Å²) in [7, 11) is 0. The number of H-pyrrole nitrogens is 1. The monoisotopic (exact) mass is 242 g/mol. The Morgan fingerprint density at radius 2 is 2.28 bits per heavy atom. The Balaban J connectivity index is 1.97. The molecule has 1 saturated carbocycles. The van der Waals surface area contributed by atoms with E-state index in [1.54, 1.807) is 6.20 Å². The van der Waals surface area contributed by atoms with Crippen molar-refractivity contribution in [3.05, 3.63) is 24.8 Å². The highest BCUT2D eigenvalue weighted by Crippen LogP contribution is 2.34. The Kier molecular flexibility index (Phi) is 1.99. The molecule has 0 aliphatic heterocycles. The van der Waals surface area contributed by atoms with Crippen LogP contribution in [0.3, 0.4) is 0 Å². The van der Waals surface area contributed by atoms with E-state index in [-0.39, 0.29) is 6.10 Å². The van der Waals surface area contributed by atoms with Crippen LogP contribution in [0.1, 0.15) is 25.3 Å². The summed E-state index contributed by atoms with van der Waals surface area (Å²) in [6.45, 7) is 0. The van der Waals surface area contributed by atoms with E-state index in [4.69, 9.17) is 0 Å². The van der Waals surface area contributed by atoms with Crippen LogP contribution in [-0.4, -0.2) is 30.7 Å². The van der Waals surface area contributed by atoms with Gasteiger partial charge in [-0.15, -0.1) is 0 Å². The fourth-order valence-corrected chi connectivity index (χ4v) is 3.00. The Morgan fingerprint density at radius 3 is 3.11 bits per heavy atom. The van der Waals surface area contributed by atoms with Gasteiger partial charge in [0.1, 0.15) is 11.2 Å². The van der Waals surface area contributed by atoms with E-state index in [0.717, 1.165) is 41.3 Å². The molecule has 0 saturated heterocycles. The lowest BCUT2D eigenvalue weighted by Gasteiger charge is -2.12. The maximum Gasteiger partial charge on any atom is 0.139 e. The molecule has 1 fully saturated rings. The van der Waals surface area contributed by atoms with Crippen molar-refractivity contribution in [1.29, 1.82) is 0 Å². The van der Waals surface area contributed by atoms with Gasteiger partial charge in [-0.3, -0.25) is 0 Å². The Labute approximate surface area is 103 Å². The fourth-order valence-electron chi connectivity index (χ4n) is 3.00. The van der Waals surface area contributed by atoms with Crippen LogP contribution in [0, 0.1) is 0 Å². The molecule has 0 bridgehead atoms. The summed E-state index contributed by atoms with van der Waals surface area (Å²) in [5.74, 6) is 0. The quantitative estimate of drug-likeness (QED) is 0.686. The summed E-state index contributed by atoms with van der Waals surface area (Å²) in [6, 6.07) is 2.39. The second kappa shape index (κ2) is 3.55. The molecule has 18 heavy (non-hydrogen) atoms. The smallest absolute Gasteiger partial charge is 0.139 e. The molecule has 1 aliphatic rings. The van der Waals surface area contributed by atoms with E-state index in [1.807, 2.05) is 18.6 Å². The molecule has 4 rings (SSSR count). The van der Waals surface area contributed by atoms with Gasteiger partial charge in [0.15, 0.2) is 0 Å². The SMILES string of the molecule is OC1CCC(n2cnc3cnc4[nH]ccc4c32)C1. The third-order valence-corrected chi connectivity index (χ3v) is 3.89. The second-order valence-corrected chi connectivity index (χ2v) is 5.00. The molecule has 2 unspecified atom stereocenters. The molecule has 3 aromatic rings. The van der Waals surface area contributed by atoms with E-state index >= 15 is 0 Å². The standard InChI is InChI=1S/C13H14N4O/c18-9-2-1-8(5-9)17-7-16-11-6-15-13-10(12(11)17)3-4-14-13/h3-4,6-9,18H,1-2,5H2,(H,14,15). The summed E-state index contributed by atoms with van der Waals surface area (Å²) in [5, 5.41) is 10.8. The van der Waals surface area contributed by atoms with E-state index in [0.29, 0.717) is 6.04 Å². The Morgan fingerprint density at radius 1 is 1.33 bits per heavy atom. The van der Waals surface area contributed by atoms with E-state index in [9.17, 15) is 5.11 Å². The normalized spacial score (nSPS) is 24.3. The largest absolute Gasteiger partial charge is 0.393 e. The van der Waals surface area contributed by atoms with Gasteiger partial charge in [-0.25, -0.2) is 9.97 Å². The number of imidazole rings is 1. The van der Waals surface area contributed by atoms with Gasteiger partial charge in [-0.2, -0.15) is 0 Å². The Bertz CT molecular complexity index is 714. The van der Waals surface area contributed by atoms with Crippen LogP contribution >= 0.6 is 0 Å². The van der Waals surface area contributed by atoms with E-state index in [2.05, 4.69) is 19.5 Å². The molecule has 92 valence electrons. The van der Waals surface area contributed by atoms with Gasteiger partial charge in [0.2, 0.25) is 0 Å². The van der Waals surface area contributed by atoms with Gasteiger partial charge >= 0.3 is 0 Å². The number of nitrogens with zero attached hydrogens (tertiary/aromatic N) is 3. The van der Waals surface area contributed by atoms with Crippen molar-refractivity contribution in [2.45, 2.75) is 31.4 Å². The first-order chi connectivity index (χ1) is 8.83. The van der Waals surface area contributed by atoms with Gasteiger partial charge in [0.05, 0.1) is 24.1 Å². The van der Waals surface area contributed by atoms with Crippen LogP contribution in [0.25, 0.3) is 22.1 Å². The number of aliphatic hydroxyl groups excluding tert-OH is 1. The maximum absolute atomic E-state index is 9.69. The zero-order valence-electron chi connectivity index (χ0n) is 9.87. The van der Waals surface area contributed by atoms with Gasteiger partial charge in [-0.1, -0.05) is 0 Å². The number of hydrogen-bond acceptors (Lipinski definition) is 3. The molecule has 3 aromatic heterocycles. The molecule has 2 N–H and O–H groups in total. The minimum atomic E-state index is -0.170. The summed E-state index contributed by atoms with van der Waals surface area (Å²) in [4.78, 5) is 11.9. The fraction of sp³-hybridized carbons (Fsp3) is 0.385. The minimum absolute atomic E-state index is 0.170. The maximum atomic E-state index is 9.69. The van der Waals surface area contributed by atoms with Crippen molar-refractivity contribution in [2.75, 3.05) is 0 Å². The van der Waals surface area contributed by atoms with Crippen molar-refractivity contribution in [3.63, 3.8) is 0 Å². The lowest BCUT2D eigenvalue weighted by Crippen LogP contribution is -2.06. The van der Waals surface area contributed by atoms with E-state index in [1.165, 1.54) is 0 Å². The number of fused-ring (bicyclic) bond motifs is 3. The zero-order valence-corrected chi connectivity index (χ0v) is 9.87. The van der Waals surface area contributed by atoms with Crippen LogP contribution < -0.4 is 0 Å². The highest BCUT2D eigenvalue weighted by Gasteiger charge is 2.25. The van der Waals surface area contributed by atoms with E-state index < -0.39 is 0 Å². The topological polar surface area (TPSA) is 66.7 Å². The average Bonchev–Trinajstić information content (AvgIpc) is 3.03. The van der Waals surface area contributed by atoms with Crippen LogP contribution in [0.15, 0.2) is 24.8 Å². The average molecular weight is 242 g/mol. The van der Waals surface area contributed by atoms with Crippen molar-refractivity contribution < 1.29 is 5.11 Å². The molecule has 0 spiro atoms. The lowest BCUT2D eigenvalue weighted by molar-refractivity contribution is 0.178. The van der Waals surface area contributed by atoms with Crippen molar-refractivity contribution in [2.24, 2.45) is 0 Å². The number of aromatic nitrogens is 4. The van der Waals surface area contributed by atoms with Crippen molar-refractivity contribution >= 4 is 22.1 Å². The molecule has 0 radical (unpaired) electrons. The predicted molar refractivity (Wildman–Crippen MR) is 68.3 cm³/mol. The molecule has 2 atom stereocenters. The number of aliphatic hydroxyl groups is 1. The molecule has 5 nitrogen and oxygen atoms in total. The first-order valence-electron chi connectivity index (χ1n) is 6.29. The Hall–Kier alpha value is -1.88. The first-order valence-corrected chi connectivity index (χ1v) is 6.29. The molecular formula is C13H14N4O. The predicted octanol–water partition coefficient (Wildman–Crippen LogP) is 2.00.